The summed E-state index contributed by atoms with van der Waals surface area (Å²) in [6.45, 7) is 2.39. The second-order valence-electron chi connectivity index (χ2n) is 9.09. The Kier molecular flexibility index (Phi) is 5.53. The van der Waals surface area contributed by atoms with Gasteiger partial charge in [-0.3, -0.25) is 19.7 Å². The first-order chi connectivity index (χ1) is 16.4. The minimum atomic E-state index is -1.52. The third kappa shape index (κ3) is 3.77. The highest BCUT2D eigenvalue weighted by atomic mass is 35.5. The number of hydrogen-bond donors (Lipinski definition) is 2. The van der Waals surface area contributed by atoms with E-state index in [-0.39, 0.29) is 23.7 Å². The van der Waals surface area contributed by atoms with Gasteiger partial charge in [0.15, 0.2) is 5.75 Å². The maximum Gasteiger partial charge on any atom is 0.270 e. The molecule has 0 radical (unpaired) electrons. The lowest BCUT2D eigenvalue weighted by atomic mass is 9.93. The average Bonchev–Trinajstić information content (AvgIpc) is 3.42. The Bertz CT molecular complexity index is 1350. The van der Waals surface area contributed by atoms with Crippen LogP contribution in [0.15, 0.2) is 34.2 Å². The van der Waals surface area contributed by atoms with Crippen LogP contribution in [0.1, 0.15) is 24.1 Å². The zero-order valence-corrected chi connectivity index (χ0v) is 19.8. The predicted molar refractivity (Wildman–Crippen MR) is 127 cm³/mol. The fraction of sp³-hybridized carbons (Fsp3) is 0.435. The van der Waals surface area contributed by atoms with Crippen molar-refractivity contribution in [3.63, 3.8) is 0 Å². The van der Waals surface area contributed by atoms with Gasteiger partial charge in [-0.05, 0) is 38.1 Å². The monoisotopic (exact) mass is 503 g/mol. The number of hydrogen-bond acceptors (Lipinski definition) is 8. The zero-order chi connectivity index (χ0) is 23.4. The largest absolute Gasteiger partial charge is 0.480 e. The predicted octanol–water partition coefficient (Wildman–Crippen LogP) is 2.48. The fourth-order valence-electron chi connectivity index (χ4n) is 5.20. The van der Waals surface area contributed by atoms with Crippen LogP contribution in [0, 0.1) is 5.82 Å². The summed E-state index contributed by atoms with van der Waals surface area (Å²) in [5, 5.41) is 15.1. The summed E-state index contributed by atoms with van der Waals surface area (Å²) >= 11 is 7.73. The van der Waals surface area contributed by atoms with E-state index in [0.717, 1.165) is 48.5 Å². The molecule has 11 heteroatoms. The van der Waals surface area contributed by atoms with E-state index in [4.69, 9.17) is 16.3 Å². The minimum Gasteiger partial charge on any atom is -0.480 e. The van der Waals surface area contributed by atoms with E-state index in [0.29, 0.717) is 29.6 Å². The lowest BCUT2D eigenvalue weighted by Gasteiger charge is -2.37. The van der Waals surface area contributed by atoms with Gasteiger partial charge >= 0.3 is 0 Å². The molecule has 2 N–H and O–H groups in total. The summed E-state index contributed by atoms with van der Waals surface area (Å²) < 4.78 is 21.7. The number of ether oxygens (including phenoxy) is 1. The Morgan fingerprint density at radius 3 is 2.94 bits per heavy atom. The molecule has 3 aliphatic rings. The zero-order valence-electron chi connectivity index (χ0n) is 18.3. The molecule has 34 heavy (non-hydrogen) atoms. The molecule has 178 valence electrons. The number of β-amino-alcohol motifs (C(OH)–C–C–N with tert-alkyl or cyclic N) is 1. The van der Waals surface area contributed by atoms with E-state index in [1.165, 1.54) is 10.6 Å². The lowest BCUT2D eigenvalue weighted by molar-refractivity contribution is -0.0159. The Hall–Kier alpha value is -2.24. The van der Waals surface area contributed by atoms with Gasteiger partial charge in [-0.25, -0.2) is 4.39 Å². The van der Waals surface area contributed by atoms with Gasteiger partial charge in [-0.1, -0.05) is 23.4 Å². The first-order valence-electron chi connectivity index (χ1n) is 11.2. The van der Waals surface area contributed by atoms with E-state index >= 15 is 0 Å². The summed E-state index contributed by atoms with van der Waals surface area (Å²) in [5.41, 5.74) is -0.0960. The van der Waals surface area contributed by atoms with E-state index in [2.05, 4.69) is 26.3 Å². The van der Waals surface area contributed by atoms with Crippen LogP contribution in [0.3, 0.4) is 0 Å². The van der Waals surface area contributed by atoms with E-state index < -0.39 is 17.0 Å². The van der Waals surface area contributed by atoms with Crippen LogP contribution in [0.2, 0.25) is 5.02 Å². The molecule has 1 atom stereocenters. The molecule has 1 fully saturated rings. The standard InChI is InChI=1S/C23H23ClFN5O3S/c24-15-6-17-21-20(16(25)8-28-17)23(32,11-30(21)22(15)31)10-29-3-1-13(2-4-29)26-7-14-5-19-18(9-27-14)33-12-34-19/h5-6,8-9,13,26,32H,1-4,7,10-12H2. The van der Waals surface area contributed by atoms with E-state index in [9.17, 15) is 14.3 Å². The van der Waals surface area contributed by atoms with Crippen LogP contribution in [-0.4, -0.2) is 56.2 Å². The smallest absolute Gasteiger partial charge is 0.270 e. The summed E-state index contributed by atoms with van der Waals surface area (Å²) in [6.07, 6.45) is 4.66. The van der Waals surface area contributed by atoms with Crippen molar-refractivity contribution in [1.29, 1.82) is 0 Å². The molecule has 0 spiro atoms. The summed E-state index contributed by atoms with van der Waals surface area (Å²) in [5.74, 6) is 0.881. The van der Waals surface area contributed by atoms with Crippen LogP contribution in [0.4, 0.5) is 4.39 Å². The highest BCUT2D eigenvalue weighted by molar-refractivity contribution is 7.99. The Balaban J connectivity index is 1.12. The van der Waals surface area contributed by atoms with Crippen molar-refractivity contribution in [3.8, 4) is 5.75 Å². The molecule has 3 aromatic rings. The molecule has 0 saturated carbocycles. The fourth-order valence-corrected chi connectivity index (χ4v) is 6.19. The van der Waals surface area contributed by atoms with Gasteiger partial charge in [0.05, 0.1) is 46.1 Å². The summed E-state index contributed by atoms with van der Waals surface area (Å²) in [7, 11) is 0. The Labute approximate surface area is 204 Å². The van der Waals surface area contributed by atoms with Crippen molar-refractivity contribution in [2.45, 2.75) is 42.5 Å². The maximum atomic E-state index is 14.8. The molecule has 1 unspecified atom stereocenters. The molecule has 0 aliphatic carbocycles. The van der Waals surface area contributed by atoms with Gasteiger partial charge in [0.2, 0.25) is 0 Å². The van der Waals surface area contributed by atoms with Gasteiger partial charge in [0.25, 0.3) is 5.56 Å². The molecular weight excluding hydrogens is 481 g/mol. The number of thioether (sulfide) groups is 1. The number of piperidine rings is 1. The maximum absolute atomic E-state index is 14.8. The highest BCUT2D eigenvalue weighted by Crippen LogP contribution is 2.39. The number of nitrogens with zero attached hydrogens (tertiary/aromatic N) is 4. The average molecular weight is 504 g/mol. The molecule has 1 saturated heterocycles. The van der Waals surface area contributed by atoms with Gasteiger partial charge < -0.3 is 19.7 Å². The summed E-state index contributed by atoms with van der Waals surface area (Å²) in [4.78, 5) is 24.4. The quantitative estimate of drug-likeness (QED) is 0.548. The number of nitrogens with one attached hydrogen (secondary N) is 1. The number of rotatable bonds is 5. The minimum absolute atomic E-state index is 0.0117. The number of aromatic nitrogens is 3. The topological polar surface area (TPSA) is 92.5 Å². The van der Waals surface area contributed by atoms with Gasteiger partial charge in [-0.15, -0.1) is 0 Å². The van der Waals surface area contributed by atoms with Crippen LogP contribution in [-0.2, 0) is 18.7 Å². The third-order valence-electron chi connectivity index (χ3n) is 6.86. The molecule has 8 nitrogen and oxygen atoms in total. The molecule has 6 heterocycles. The number of fused-ring (bicyclic) bond motifs is 1. The number of halogens is 2. The van der Waals surface area contributed by atoms with Crippen molar-refractivity contribution in [2.75, 3.05) is 25.6 Å². The second kappa shape index (κ2) is 8.46. The Morgan fingerprint density at radius 1 is 1.29 bits per heavy atom. The van der Waals surface area contributed by atoms with Crippen LogP contribution in [0.25, 0.3) is 11.0 Å². The van der Waals surface area contributed by atoms with Gasteiger partial charge in [0, 0.05) is 19.1 Å². The number of pyridine rings is 3. The van der Waals surface area contributed by atoms with Crippen molar-refractivity contribution >= 4 is 34.4 Å². The summed E-state index contributed by atoms with van der Waals surface area (Å²) in [6, 6.07) is 3.83. The van der Waals surface area contributed by atoms with Crippen molar-refractivity contribution in [3.05, 3.63) is 57.0 Å². The van der Waals surface area contributed by atoms with Crippen LogP contribution in [0.5, 0.6) is 5.75 Å². The molecule has 3 aromatic heterocycles. The normalized spacial score (nSPS) is 22.3. The number of aliphatic hydroxyl groups is 1. The molecule has 0 amide bonds. The molecular formula is C23H23ClFN5O3S. The van der Waals surface area contributed by atoms with Crippen molar-refractivity contribution < 1.29 is 14.2 Å². The van der Waals surface area contributed by atoms with Gasteiger partial charge in [0.1, 0.15) is 22.4 Å². The molecule has 0 bridgehead atoms. The molecule has 0 aromatic carbocycles. The lowest BCUT2D eigenvalue weighted by Crippen LogP contribution is -2.48. The van der Waals surface area contributed by atoms with E-state index in [1.54, 1.807) is 18.0 Å². The molecule has 6 rings (SSSR count). The number of likely N-dealkylation sites (tertiary alicyclic amines) is 1. The second-order valence-corrected chi connectivity index (χ2v) is 10.5. The van der Waals surface area contributed by atoms with Gasteiger partial charge in [-0.2, -0.15) is 0 Å². The molecule has 3 aliphatic heterocycles. The van der Waals surface area contributed by atoms with E-state index in [1.807, 2.05) is 0 Å². The first-order valence-corrected chi connectivity index (χ1v) is 12.6. The highest BCUT2D eigenvalue weighted by Gasteiger charge is 2.43. The van der Waals surface area contributed by atoms with Crippen molar-refractivity contribution in [2.24, 2.45) is 0 Å². The SMILES string of the molecule is O=c1c(Cl)cc2ncc(F)c3c2n1CC3(O)CN1CCC(NCc2cc3c(cn2)OCS3)CC1. The van der Waals surface area contributed by atoms with Crippen LogP contribution >= 0.6 is 23.4 Å². The first kappa shape index (κ1) is 22.2. The van der Waals surface area contributed by atoms with Crippen LogP contribution < -0.4 is 15.6 Å². The Morgan fingerprint density at radius 2 is 2.12 bits per heavy atom. The third-order valence-corrected chi connectivity index (χ3v) is 8.00. The van der Waals surface area contributed by atoms with Crippen molar-refractivity contribution in [1.82, 2.24) is 24.8 Å².